The van der Waals surface area contributed by atoms with Crippen molar-refractivity contribution in [2.24, 2.45) is 5.92 Å². The number of aromatic nitrogens is 3. The van der Waals surface area contributed by atoms with E-state index in [9.17, 15) is 0 Å². The highest BCUT2D eigenvalue weighted by Gasteiger charge is 2.18. The van der Waals surface area contributed by atoms with Gasteiger partial charge in [-0.05, 0) is 46.4 Å². The van der Waals surface area contributed by atoms with Crippen molar-refractivity contribution in [3.8, 4) is 11.1 Å². The molecule has 0 spiro atoms. The van der Waals surface area contributed by atoms with Crippen LogP contribution in [-0.4, -0.2) is 14.5 Å². The Morgan fingerprint density at radius 2 is 2.00 bits per heavy atom. The third-order valence-corrected chi connectivity index (χ3v) is 5.62. The second-order valence-corrected chi connectivity index (χ2v) is 8.35. The molecule has 27 heavy (non-hydrogen) atoms. The van der Waals surface area contributed by atoms with E-state index in [0.29, 0.717) is 11.7 Å². The van der Waals surface area contributed by atoms with Crippen molar-refractivity contribution in [2.45, 2.75) is 46.6 Å². The van der Waals surface area contributed by atoms with E-state index in [0.717, 1.165) is 53.6 Å². The zero-order valence-corrected chi connectivity index (χ0v) is 17.0. The number of hydrogen-bond acceptors (Lipinski definition) is 4. The zero-order valence-electron chi connectivity index (χ0n) is 16.2. The van der Waals surface area contributed by atoms with Crippen LogP contribution >= 0.6 is 11.3 Å². The van der Waals surface area contributed by atoms with Gasteiger partial charge in [0.05, 0.1) is 11.0 Å². The number of aryl methyl sites for hydroxylation is 1. The third-order valence-electron chi connectivity index (χ3n) is 4.94. The zero-order chi connectivity index (χ0) is 19.0. The molecule has 0 radical (unpaired) electrons. The van der Waals surface area contributed by atoms with Crippen molar-refractivity contribution in [3.63, 3.8) is 0 Å². The molecule has 0 atom stereocenters. The van der Waals surface area contributed by atoms with E-state index < -0.39 is 0 Å². The van der Waals surface area contributed by atoms with Crippen LogP contribution in [-0.2, 0) is 13.0 Å². The van der Waals surface area contributed by atoms with Crippen molar-refractivity contribution in [1.82, 2.24) is 14.5 Å². The normalized spacial score (nSPS) is 11.9. The first-order valence-corrected chi connectivity index (χ1v) is 10.6. The molecule has 3 aromatic heterocycles. The van der Waals surface area contributed by atoms with Crippen LogP contribution in [0.4, 0.5) is 5.82 Å². The lowest BCUT2D eigenvalue weighted by atomic mass is 10.1. The highest BCUT2D eigenvalue weighted by molar-refractivity contribution is 7.08. The lowest BCUT2D eigenvalue weighted by Crippen LogP contribution is -2.09. The molecule has 0 aliphatic heterocycles. The van der Waals surface area contributed by atoms with Crippen LogP contribution in [0.1, 0.15) is 39.4 Å². The average molecular weight is 379 g/mol. The van der Waals surface area contributed by atoms with Gasteiger partial charge in [0.25, 0.3) is 0 Å². The first-order chi connectivity index (χ1) is 13.1. The van der Waals surface area contributed by atoms with E-state index in [4.69, 9.17) is 15.7 Å². The number of hydrogen-bond donors (Lipinski definition) is 1. The molecular formula is C22H26N4S. The molecule has 0 saturated heterocycles. The summed E-state index contributed by atoms with van der Waals surface area (Å²) in [5.41, 5.74) is 11.7. The van der Waals surface area contributed by atoms with Crippen LogP contribution in [0, 0.1) is 5.92 Å². The van der Waals surface area contributed by atoms with Crippen molar-refractivity contribution >= 4 is 39.1 Å². The fraction of sp³-hybridized carbons (Fsp3) is 0.364. The summed E-state index contributed by atoms with van der Waals surface area (Å²) in [6.45, 7) is 7.65. The van der Waals surface area contributed by atoms with Crippen molar-refractivity contribution in [2.75, 3.05) is 5.73 Å². The number of anilines is 1. The molecule has 0 amide bonds. The molecule has 2 N–H and O–H groups in total. The molecule has 0 aliphatic carbocycles. The van der Waals surface area contributed by atoms with Gasteiger partial charge in [-0.15, -0.1) is 0 Å². The van der Waals surface area contributed by atoms with Crippen LogP contribution in [0.25, 0.3) is 33.1 Å². The van der Waals surface area contributed by atoms with Gasteiger partial charge in [0.2, 0.25) is 0 Å². The monoisotopic (exact) mass is 378 g/mol. The number of thiophene rings is 1. The standard InChI is InChI=1S/C22H26N4S/c1-4-5-6-19-25-20-21(26(19)12-14(2)3)17-8-7-15(16-9-10-27-13-16)11-18(17)24-22(20)23/h7-11,13-14H,4-6,12H2,1-3H3,(H2,23,24). The summed E-state index contributed by atoms with van der Waals surface area (Å²) in [7, 11) is 0. The summed E-state index contributed by atoms with van der Waals surface area (Å²) in [4.78, 5) is 9.60. The van der Waals surface area contributed by atoms with Crippen LogP contribution in [0.5, 0.6) is 0 Å². The van der Waals surface area contributed by atoms with Gasteiger partial charge in [-0.1, -0.05) is 39.3 Å². The Hall–Kier alpha value is -2.40. The molecule has 0 aliphatic rings. The lowest BCUT2D eigenvalue weighted by molar-refractivity contribution is 0.513. The summed E-state index contributed by atoms with van der Waals surface area (Å²) < 4.78 is 2.38. The van der Waals surface area contributed by atoms with E-state index in [1.54, 1.807) is 11.3 Å². The molecular weight excluding hydrogens is 352 g/mol. The molecule has 0 bridgehead atoms. The van der Waals surface area contributed by atoms with Gasteiger partial charge < -0.3 is 10.3 Å². The van der Waals surface area contributed by atoms with Gasteiger partial charge >= 0.3 is 0 Å². The Balaban J connectivity index is 1.96. The highest BCUT2D eigenvalue weighted by atomic mass is 32.1. The fourth-order valence-corrected chi connectivity index (χ4v) is 4.32. The van der Waals surface area contributed by atoms with E-state index >= 15 is 0 Å². The number of benzene rings is 1. The molecule has 4 nitrogen and oxygen atoms in total. The van der Waals surface area contributed by atoms with Crippen molar-refractivity contribution in [3.05, 3.63) is 40.8 Å². The maximum Gasteiger partial charge on any atom is 0.152 e. The second kappa shape index (κ2) is 7.31. The number of rotatable bonds is 6. The van der Waals surface area contributed by atoms with Gasteiger partial charge in [-0.2, -0.15) is 11.3 Å². The average Bonchev–Trinajstić information content (AvgIpc) is 3.28. The Labute approximate surface area is 164 Å². The molecule has 4 aromatic rings. The number of nitrogens with zero attached hydrogens (tertiary/aromatic N) is 3. The van der Waals surface area contributed by atoms with Gasteiger partial charge in [-0.25, -0.2) is 9.97 Å². The minimum Gasteiger partial charge on any atom is -0.382 e. The summed E-state index contributed by atoms with van der Waals surface area (Å²) in [5, 5.41) is 5.39. The number of unbranched alkanes of at least 4 members (excludes halogenated alkanes) is 1. The number of pyridine rings is 1. The fourth-order valence-electron chi connectivity index (χ4n) is 3.65. The maximum atomic E-state index is 6.35. The highest BCUT2D eigenvalue weighted by Crippen LogP contribution is 2.33. The first kappa shape index (κ1) is 18.0. The molecule has 0 fully saturated rings. The Bertz CT molecular complexity index is 1080. The predicted molar refractivity (Wildman–Crippen MR) is 116 cm³/mol. The van der Waals surface area contributed by atoms with Gasteiger partial charge in [0, 0.05) is 18.4 Å². The van der Waals surface area contributed by atoms with E-state index in [1.165, 1.54) is 11.1 Å². The molecule has 140 valence electrons. The van der Waals surface area contributed by atoms with Crippen LogP contribution in [0.15, 0.2) is 35.0 Å². The SMILES string of the molecule is CCCCc1nc2c(N)nc3cc(-c4ccsc4)ccc3c2n1CC(C)C. The van der Waals surface area contributed by atoms with Crippen LogP contribution in [0.2, 0.25) is 0 Å². The maximum absolute atomic E-state index is 6.35. The third kappa shape index (κ3) is 3.32. The molecule has 5 heteroatoms. The van der Waals surface area contributed by atoms with Gasteiger partial charge in [0.15, 0.2) is 5.82 Å². The van der Waals surface area contributed by atoms with Crippen LogP contribution < -0.4 is 5.73 Å². The van der Waals surface area contributed by atoms with Gasteiger partial charge in [0.1, 0.15) is 11.3 Å². The lowest BCUT2D eigenvalue weighted by Gasteiger charge is -2.13. The smallest absolute Gasteiger partial charge is 0.152 e. The van der Waals surface area contributed by atoms with Crippen LogP contribution in [0.3, 0.4) is 0 Å². The largest absolute Gasteiger partial charge is 0.382 e. The van der Waals surface area contributed by atoms with Crippen molar-refractivity contribution < 1.29 is 0 Å². The molecule has 1 aromatic carbocycles. The Kier molecular flexibility index (Phi) is 4.87. The minimum absolute atomic E-state index is 0.528. The molecule has 0 unspecified atom stereocenters. The molecule has 0 saturated carbocycles. The number of fused-ring (bicyclic) bond motifs is 3. The number of nitrogens with two attached hydrogens (primary N) is 1. The van der Waals surface area contributed by atoms with E-state index in [-0.39, 0.29) is 0 Å². The summed E-state index contributed by atoms with van der Waals surface area (Å²) >= 11 is 1.71. The Morgan fingerprint density at radius 1 is 1.15 bits per heavy atom. The summed E-state index contributed by atoms with van der Waals surface area (Å²) in [6, 6.07) is 8.64. The molecule has 3 heterocycles. The number of nitrogen functional groups attached to an aromatic ring is 1. The Morgan fingerprint density at radius 3 is 2.70 bits per heavy atom. The summed E-state index contributed by atoms with van der Waals surface area (Å²) in [5.74, 6) is 2.20. The summed E-state index contributed by atoms with van der Waals surface area (Å²) in [6.07, 6.45) is 3.27. The quantitative estimate of drug-likeness (QED) is 0.455. The number of imidazole rings is 1. The van der Waals surface area contributed by atoms with Gasteiger partial charge in [-0.3, -0.25) is 0 Å². The van der Waals surface area contributed by atoms with E-state index in [1.807, 2.05) is 0 Å². The molecule has 4 rings (SSSR count). The minimum atomic E-state index is 0.528. The first-order valence-electron chi connectivity index (χ1n) is 9.69. The second-order valence-electron chi connectivity index (χ2n) is 7.57. The van der Waals surface area contributed by atoms with Crippen molar-refractivity contribution in [1.29, 1.82) is 0 Å². The van der Waals surface area contributed by atoms with E-state index in [2.05, 4.69) is 60.4 Å². The topological polar surface area (TPSA) is 56.7 Å². The predicted octanol–water partition coefficient (Wildman–Crippen LogP) is 5.89.